The van der Waals surface area contributed by atoms with E-state index >= 15 is 0 Å². The Morgan fingerprint density at radius 1 is 1.47 bits per heavy atom. The molecule has 3 nitrogen and oxygen atoms in total. The highest BCUT2D eigenvalue weighted by molar-refractivity contribution is 6.32. The van der Waals surface area contributed by atoms with E-state index in [9.17, 15) is 0 Å². The average Bonchev–Trinajstić information content (AvgIpc) is 2.30. The van der Waals surface area contributed by atoms with Gasteiger partial charge in [-0.3, -0.25) is 0 Å². The molecule has 82 valence electrons. The number of anilines is 1. The van der Waals surface area contributed by atoms with Crippen LogP contribution in [0.1, 0.15) is 12.8 Å². The van der Waals surface area contributed by atoms with E-state index in [0.29, 0.717) is 11.3 Å². The minimum Gasteiger partial charge on any atom is -0.381 e. The van der Waals surface area contributed by atoms with Gasteiger partial charge >= 0.3 is 0 Å². The molecule has 2 heterocycles. The van der Waals surface area contributed by atoms with Crippen LogP contribution in [0.2, 0.25) is 5.15 Å². The molecule has 0 N–H and O–H groups in total. The molecule has 0 spiro atoms. The van der Waals surface area contributed by atoms with Crippen molar-refractivity contribution in [2.75, 3.05) is 25.1 Å². The number of aromatic nitrogens is 1. The van der Waals surface area contributed by atoms with Crippen molar-refractivity contribution in [3.05, 3.63) is 23.5 Å². The van der Waals surface area contributed by atoms with Gasteiger partial charge in [-0.15, -0.1) is 0 Å². The van der Waals surface area contributed by atoms with Gasteiger partial charge in [0.15, 0.2) is 5.15 Å². The first-order chi connectivity index (χ1) is 7.31. The standard InChI is InChI=1S/C11H15ClN2O/c1-15-9-4-7-14(8-5-9)10-3-2-6-13-11(10)12/h2-3,6,9H,4-5,7-8H2,1H3. The zero-order valence-electron chi connectivity index (χ0n) is 8.82. The van der Waals surface area contributed by atoms with E-state index in [2.05, 4.69) is 9.88 Å². The normalized spacial score (nSPS) is 18.1. The van der Waals surface area contributed by atoms with Crippen molar-refractivity contribution >= 4 is 17.3 Å². The fourth-order valence-electron chi connectivity index (χ4n) is 1.95. The van der Waals surface area contributed by atoms with E-state index in [1.807, 2.05) is 12.1 Å². The highest BCUT2D eigenvalue weighted by atomic mass is 35.5. The number of halogens is 1. The Morgan fingerprint density at radius 2 is 2.20 bits per heavy atom. The van der Waals surface area contributed by atoms with Crippen LogP contribution in [-0.2, 0) is 4.74 Å². The van der Waals surface area contributed by atoms with E-state index in [0.717, 1.165) is 31.6 Å². The molecule has 1 aliphatic rings. The molecule has 0 aromatic carbocycles. The van der Waals surface area contributed by atoms with Crippen molar-refractivity contribution in [1.82, 2.24) is 4.98 Å². The lowest BCUT2D eigenvalue weighted by Crippen LogP contribution is -2.36. The topological polar surface area (TPSA) is 25.4 Å². The Morgan fingerprint density at radius 3 is 2.80 bits per heavy atom. The largest absolute Gasteiger partial charge is 0.381 e. The first-order valence-corrected chi connectivity index (χ1v) is 5.57. The van der Waals surface area contributed by atoms with Crippen molar-refractivity contribution in [3.63, 3.8) is 0 Å². The number of piperidine rings is 1. The van der Waals surface area contributed by atoms with Gasteiger partial charge in [0.25, 0.3) is 0 Å². The number of nitrogens with zero attached hydrogens (tertiary/aromatic N) is 2. The summed E-state index contributed by atoms with van der Waals surface area (Å²) in [6.45, 7) is 1.98. The molecule has 0 aliphatic carbocycles. The van der Waals surface area contributed by atoms with E-state index in [4.69, 9.17) is 16.3 Å². The van der Waals surface area contributed by atoms with Gasteiger partial charge < -0.3 is 9.64 Å². The Balaban J connectivity index is 2.04. The smallest absolute Gasteiger partial charge is 0.152 e. The molecule has 1 aromatic heterocycles. The van der Waals surface area contributed by atoms with Crippen LogP contribution in [0.3, 0.4) is 0 Å². The van der Waals surface area contributed by atoms with Crippen LogP contribution in [0.25, 0.3) is 0 Å². The summed E-state index contributed by atoms with van der Waals surface area (Å²) in [5, 5.41) is 0.591. The number of rotatable bonds is 2. The molecule has 1 aromatic rings. The molecule has 0 amide bonds. The zero-order valence-corrected chi connectivity index (χ0v) is 9.57. The summed E-state index contributed by atoms with van der Waals surface area (Å²) < 4.78 is 5.33. The molecular formula is C11H15ClN2O. The van der Waals surface area contributed by atoms with Gasteiger partial charge in [-0.1, -0.05) is 11.6 Å². The molecule has 1 fully saturated rings. The molecule has 0 radical (unpaired) electrons. The monoisotopic (exact) mass is 226 g/mol. The molecule has 0 bridgehead atoms. The van der Waals surface area contributed by atoms with Gasteiger partial charge in [0, 0.05) is 26.4 Å². The van der Waals surface area contributed by atoms with Crippen molar-refractivity contribution in [2.24, 2.45) is 0 Å². The van der Waals surface area contributed by atoms with Gasteiger partial charge in [-0.2, -0.15) is 0 Å². The maximum Gasteiger partial charge on any atom is 0.152 e. The van der Waals surface area contributed by atoms with E-state index in [1.165, 1.54) is 0 Å². The summed E-state index contributed by atoms with van der Waals surface area (Å²) in [7, 11) is 1.78. The minimum absolute atomic E-state index is 0.400. The molecule has 0 saturated carbocycles. The highest BCUT2D eigenvalue weighted by Crippen LogP contribution is 2.26. The van der Waals surface area contributed by atoms with Crippen LogP contribution in [0, 0.1) is 0 Å². The lowest BCUT2D eigenvalue weighted by Gasteiger charge is -2.33. The van der Waals surface area contributed by atoms with Gasteiger partial charge in [-0.05, 0) is 25.0 Å². The van der Waals surface area contributed by atoms with E-state index in [1.54, 1.807) is 13.3 Å². The molecule has 2 rings (SSSR count). The maximum atomic E-state index is 6.04. The molecule has 4 heteroatoms. The van der Waals surface area contributed by atoms with Gasteiger partial charge in [0.2, 0.25) is 0 Å². The predicted molar refractivity (Wildman–Crippen MR) is 61.5 cm³/mol. The minimum atomic E-state index is 0.400. The Hall–Kier alpha value is -0.800. The first-order valence-electron chi connectivity index (χ1n) is 5.19. The number of hydrogen-bond donors (Lipinski definition) is 0. The molecule has 0 unspecified atom stereocenters. The van der Waals surface area contributed by atoms with Gasteiger partial charge in [0.05, 0.1) is 11.8 Å². The quantitative estimate of drug-likeness (QED) is 0.724. The van der Waals surface area contributed by atoms with Crippen LogP contribution in [0.5, 0.6) is 0 Å². The van der Waals surface area contributed by atoms with Crippen LogP contribution < -0.4 is 4.90 Å². The number of pyridine rings is 1. The maximum absolute atomic E-state index is 6.04. The Kier molecular flexibility index (Phi) is 3.44. The van der Waals surface area contributed by atoms with Crippen LogP contribution >= 0.6 is 11.6 Å². The first kappa shape index (κ1) is 10.7. The molecular weight excluding hydrogens is 212 g/mol. The second-order valence-electron chi connectivity index (χ2n) is 3.74. The fraction of sp³-hybridized carbons (Fsp3) is 0.545. The molecule has 1 aliphatic heterocycles. The third kappa shape index (κ3) is 2.41. The van der Waals surface area contributed by atoms with E-state index < -0.39 is 0 Å². The van der Waals surface area contributed by atoms with Crippen LogP contribution in [0.4, 0.5) is 5.69 Å². The van der Waals surface area contributed by atoms with Gasteiger partial charge in [0.1, 0.15) is 0 Å². The van der Waals surface area contributed by atoms with E-state index in [-0.39, 0.29) is 0 Å². The predicted octanol–water partition coefficient (Wildman–Crippen LogP) is 2.35. The number of hydrogen-bond acceptors (Lipinski definition) is 3. The van der Waals surface area contributed by atoms with Gasteiger partial charge in [-0.25, -0.2) is 4.98 Å². The molecule has 0 atom stereocenters. The Labute approximate surface area is 95.0 Å². The summed E-state index contributed by atoms with van der Waals surface area (Å²) in [5.41, 5.74) is 1.04. The second-order valence-corrected chi connectivity index (χ2v) is 4.09. The SMILES string of the molecule is COC1CCN(c2cccnc2Cl)CC1. The van der Waals surface area contributed by atoms with Crippen LogP contribution in [0.15, 0.2) is 18.3 Å². The number of ether oxygens (including phenoxy) is 1. The van der Waals surface area contributed by atoms with Crippen molar-refractivity contribution in [1.29, 1.82) is 0 Å². The zero-order chi connectivity index (χ0) is 10.7. The van der Waals surface area contributed by atoms with Crippen molar-refractivity contribution in [2.45, 2.75) is 18.9 Å². The summed E-state index contributed by atoms with van der Waals surface area (Å²) >= 11 is 6.04. The third-order valence-corrected chi connectivity index (χ3v) is 3.15. The summed E-state index contributed by atoms with van der Waals surface area (Å²) in [6.07, 6.45) is 4.23. The lowest BCUT2D eigenvalue weighted by molar-refractivity contribution is 0.0819. The average molecular weight is 227 g/mol. The summed E-state index contributed by atoms with van der Waals surface area (Å²) in [4.78, 5) is 6.35. The molecule has 1 saturated heterocycles. The summed E-state index contributed by atoms with van der Waals surface area (Å²) in [5.74, 6) is 0. The number of methoxy groups -OCH3 is 1. The van der Waals surface area contributed by atoms with Crippen LogP contribution in [-0.4, -0.2) is 31.3 Å². The second kappa shape index (κ2) is 4.81. The third-order valence-electron chi connectivity index (χ3n) is 2.86. The Bertz CT molecular complexity index is 324. The molecule has 15 heavy (non-hydrogen) atoms. The van der Waals surface area contributed by atoms with Crippen molar-refractivity contribution in [3.8, 4) is 0 Å². The highest BCUT2D eigenvalue weighted by Gasteiger charge is 2.20. The fourth-order valence-corrected chi connectivity index (χ4v) is 2.18. The van der Waals surface area contributed by atoms with Crippen molar-refractivity contribution < 1.29 is 4.74 Å². The lowest BCUT2D eigenvalue weighted by atomic mass is 10.1. The summed E-state index contributed by atoms with van der Waals surface area (Å²) in [6, 6.07) is 3.94.